The number of imidazole rings is 1. The van der Waals surface area contributed by atoms with Crippen LogP contribution in [0.4, 0.5) is 5.82 Å². The van der Waals surface area contributed by atoms with Gasteiger partial charge in [0.2, 0.25) is 0 Å². The van der Waals surface area contributed by atoms with Crippen molar-refractivity contribution < 1.29 is 23.8 Å². The molecule has 2 aliphatic rings. The van der Waals surface area contributed by atoms with Crippen molar-refractivity contribution in [3.05, 3.63) is 12.7 Å². The Bertz CT molecular complexity index is 781. The second-order valence-corrected chi connectivity index (χ2v) is 7.24. The molecule has 0 aliphatic carbocycles. The Labute approximate surface area is 124 Å². The Morgan fingerprint density at radius 1 is 1.45 bits per heavy atom. The predicted octanol–water partition coefficient (Wildman–Crippen LogP) is -1.13. The molecule has 4 rings (SSSR count). The number of nitrogens with zero attached hydrogens (tertiary/aromatic N) is 4. The average Bonchev–Trinajstić information content (AvgIpc) is 3.01. The van der Waals surface area contributed by atoms with Crippen LogP contribution >= 0.6 is 7.60 Å². The van der Waals surface area contributed by atoms with Crippen LogP contribution in [0.2, 0.25) is 0 Å². The van der Waals surface area contributed by atoms with Crippen molar-refractivity contribution in [1.29, 1.82) is 0 Å². The normalized spacial score (nSPS) is 38.3. The van der Waals surface area contributed by atoms with Crippen molar-refractivity contribution in [2.75, 3.05) is 18.5 Å². The maximum Gasteiger partial charge on any atom is 0.167 e. The van der Waals surface area contributed by atoms with Crippen LogP contribution in [0.25, 0.3) is 11.2 Å². The van der Waals surface area contributed by atoms with Crippen LogP contribution in [0, 0.1) is 5.92 Å². The number of nitrogen functional groups attached to an aromatic ring is 1. The zero-order chi connectivity index (χ0) is 15.5. The largest absolute Gasteiger partial charge is 0.778 e. The van der Waals surface area contributed by atoms with Crippen LogP contribution in [-0.4, -0.2) is 49.6 Å². The molecule has 2 fully saturated rings. The highest BCUT2D eigenvalue weighted by atomic mass is 31.2. The standard InChI is InChI=1S/C11H14N5O5P/c12-9-7-10(14-3-13-9)16(4-15-7)11-8(17)5-2-22(18,19)20-1-6(5)21-11/h3-6,8,11,17H,1-2H2,(H,18,19)(H2,12,13,14)/p-1/t5-,6-,8-,11-/m1/s1. The molecule has 5 atom stereocenters. The van der Waals surface area contributed by atoms with Crippen molar-refractivity contribution in [3.8, 4) is 0 Å². The molecule has 3 N–H and O–H groups in total. The third kappa shape index (κ3) is 2.03. The first-order valence-electron chi connectivity index (χ1n) is 6.67. The van der Waals surface area contributed by atoms with Gasteiger partial charge in [0.05, 0.1) is 19.0 Å². The fourth-order valence-corrected chi connectivity index (χ4v) is 4.41. The number of anilines is 1. The van der Waals surface area contributed by atoms with Crippen molar-refractivity contribution in [1.82, 2.24) is 19.5 Å². The Morgan fingerprint density at radius 2 is 2.27 bits per heavy atom. The second kappa shape index (κ2) is 4.71. The number of hydrogen-bond donors (Lipinski definition) is 2. The van der Waals surface area contributed by atoms with E-state index in [4.69, 9.17) is 15.0 Å². The molecule has 0 spiro atoms. The minimum atomic E-state index is -3.91. The lowest BCUT2D eigenvalue weighted by molar-refractivity contribution is -0.206. The van der Waals surface area contributed by atoms with E-state index in [1.165, 1.54) is 17.2 Å². The molecule has 0 amide bonds. The lowest BCUT2D eigenvalue weighted by Gasteiger charge is -2.35. The Hall–Kier alpha value is -1.58. The predicted molar refractivity (Wildman–Crippen MR) is 71.6 cm³/mol. The highest BCUT2D eigenvalue weighted by Crippen LogP contribution is 2.50. The lowest BCUT2D eigenvalue weighted by Crippen LogP contribution is -2.37. The van der Waals surface area contributed by atoms with Gasteiger partial charge in [-0.2, -0.15) is 0 Å². The summed E-state index contributed by atoms with van der Waals surface area (Å²) in [5, 5.41) is 10.5. The van der Waals surface area contributed by atoms with Gasteiger partial charge in [-0.05, 0) is 0 Å². The van der Waals surface area contributed by atoms with Crippen LogP contribution < -0.4 is 10.6 Å². The maximum atomic E-state index is 11.6. The second-order valence-electron chi connectivity index (χ2n) is 5.39. The number of hydrogen-bond acceptors (Lipinski definition) is 9. The molecule has 1 unspecified atom stereocenters. The molecule has 2 aromatic heterocycles. The zero-order valence-electron chi connectivity index (χ0n) is 11.3. The minimum absolute atomic E-state index is 0.0945. The van der Waals surface area contributed by atoms with E-state index in [-0.39, 0.29) is 18.6 Å². The van der Waals surface area contributed by atoms with Gasteiger partial charge in [0.15, 0.2) is 17.7 Å². The van der Waals surface area contributed by atoms with E-state index < -0.39 is 31.9 Å². The summed E-state index contributed by atoms with van der Waals surface area (Å²) in [4.78, 5) is 23.6. The summed E-state index contributed by atoms with van der Waals surface area (Å²) in [5.74, 6) is -0.320. The van der Waals surface area contributed by atoms with Gasteiger partial charge in [0.25, 0.3) is 0 Å². The highest BCUT2D eigenvalue weighted by Gasteiger charge is 2.49. The van der Waals surface area contributed by atoms with Crippen molar-refractivity contribution >= 4 is 24.6 Å². The fourth-order valence-electron chi connectivity index (χ4n) is 2.96. The summed E-state index contributed by atoms with van der Waals surface area (Å²) in [7, 11) is -3.91. The first-order valence-corrected chi connectivity index (χ1v) is 8.40. The third-order valence-electron chi connectivity index (χ3n) is 4.05. The van der Waals surface area contributed by atoms with Crippen LogP contribution in [-0.2, 0) is 13.8 Å². The maximum absolute atomic E-state index is 11.6. The number of aliphatic hydroxyl groups excluding tert-OH is 1. The molecule has 2 aliphatic heterocycles. The van der Waals surface area contributed by atoms with E-state index in [1.54, 1.807) is 0 Å². The number of nitrogens with two attached hydrogens (primary N) is 1. The van der Waals surface area contributed by atoms with Crippen molar-refractivity contribution in [2.45, 2.75) is 18.4 Å². The number of aromatic nitrogens is 4. The number of fused-ring (bicyclic) bond motifs is 2. The molecule has 4 heterocycles. The number of rotatable bonds is 1. The first kappa shape index (κ1) is 14.0. The molecule has 2 saturated heterocycles. The van der Waals surface area contributed by atoms with Crippen LogP contribution in [0.1, 0.15) is 6.23 Å². The van der Waals surface area contributed by atoms with Crippen molar-refractivity contribution in [2.24, 2.45) is 5.92 Å². The molecule has 0 saturated carbocycles. The summed E-state index contributed by atoms with van der Waals surface area (Å²) in [5.41, 5.74) is 6.55. The smallest absolute Gasteiger partial charge is 0.167 e. The van der Waals surface area contributed by atoms with E-state index in [0.29, 0.717) is 11.2 Å². The molecular weight excluding hydrogens is 313 g/mol. The molecule has 2 aromatic rings. The minimum Gasteiger partial charge on any atom is -0.778 e. The van der Waals surface area contributed by atoms with Gasteiger partial charge in [-0.25, -0.2) is 15.0 Å². The van der Waals surface area contributed by atoms with Gasteiger partial charge in [-0.15, -0.1) is 0 Å². The van der Waals surface area contributed by atoms with E-state index in [9.17, 15) is 14.6 Å². The van der Waals surface area contributed by atoms with Gasteiger partial charge in [-0.3, -0.25) is 4.57 Å². The Morgan fingerprint density at radius 3 is 3.09 bits per heavy atom. The van der Waals surface area contributed by atoms with Crippen molar-refractivity contribution in [3.63, 3.8) is 0 Å². The van der Waals surface area contributed by atoms with Gasteiger partial charge in [-0.1, -0.05) is 0 Å². The van der Waals surface area contributed by atoms with E-state index in [2.05, 4.69) is 15.0 Å². The SMILES string of the molecule is Nc1ncnc2c1ncn2[C@@H]1O[C@@H]2COP(=O)([O-])C[C@H]2[C@H]1O. The summed E-state index contributed by atoms with van der Waals surface area (Å²) in [6.45, 7) is -0.0945. The first-order chi connectivity index (χ1) is 10.5. The van der Waals surface area contributed by atoms with E-state index in [1.807, 2.05) is 0 Å². The van der Waals surface area contributed by atoms with Crippen LogP contribution in [0.3, 0.4) is 0 Å². The number of ether oxygens (including phenoxy) is 1. The summed E-state index contributed by atoms with van der Waals surface area (Å²) >= 11 is 0. The monoisotopic (exact) mass is 326 g/mol. The van der Waals surface area contributed by atoms with Gasteiger partial charge in [0, 0.05) is 12.1 Å². The molecule has 10 nitrogen and oxygen atoms in total. The Kier molecular flexibility index (Phi) is 3.00. The molecule has 11 heteroatoms. The third-order valence-corrected chi connectivity index (χ3v) is 5.47. The summed E-state index contributed by atoms with van der Waals surface area (Å²) in [6, 6.07) is 0. The van der Waals surface area contributed by atoms with Gasteiger partial charge >= 0.3 is 0 Å². The molecular formula is C11H13N5O5P-. The van der Waals surface area contributed by atoms with E-state index >= 15 is 0 Å². The van der Waals surface area contributed by atoms with E-state index in [0.717, 1.165) is 0 Å². The molecule has 0 aromatic carbocycles. The quantitative estimate of drug-likeness (QED) is 0.620. The molecule has 0 radical (unpaired) electrons. The topological polar surface area (TPSA) is 148 Å². The van der Waals surface area contributed by atoms with Gasteiger partial charge < -0.3 is 29.6 Å². The average molecular weight is 326 g/mol. The molecule has 0 bridgehead atoms. The Balaban J connectivity index is 1.71. The highest BCUT2D eigenvalue weighted by molar-refractivity contribution is 7.51. The van der Waals surface area contributed by atoms with Crippen LogP contribution in [0.5, 0.6) is 0 Å². The zero-order valence-corrected chi connectivity index (χ0v) is 12.2. The van der Waals surface area contributed by atoms with Gasteiger partial charge in [0.1, 0.15) is 25.5 Å². The summed E-state index contributed by atoms with van der Waals surface area (Å²) < 4.78 is 23.6. The van der Waals surface area contributed by atoms with Crippen LogP contribution in [0.15, 0.2) is 12.7 Å². The molecule has 22 heavy (non-hydrogen) atoms. The lowest BCUT2D eigenvalue weighted by atomic mass is 10.0. The molecule has 118 valence electrons. The fraction of sp³-hybridized carbons (Fsp3) is 0.545. The number of aliphatic hydroxyl groups is 1. The summed E-state index contributed by atoms with van der Waals surface area (Å²) in [6.07, 6.45) is 0.185.